The van der Waals surface area contributed by atoms with E-state index in [1.807, 2.05) is 6.07 Å². The molecule has 0 fully saturated rings. The Labute approximate surface area is 152 Å². The summed E-state index contributed by atoms with van der Waals surface area (Å²) < 4.78 is 15.2. The predicted molar refractivity (Wildman–Crippen MR) is 96.8 cm³/mol. The van der Waals surface area contributed by atoms with Gasteiger partial charge in [0.2, 0.25) is 5.91 Å². The molecule has 7 heteroatoms. The summed E-state index contributed by atoms with van der Waals surface area (Å²) in [4.78, 5) is 27.0. The van der Waals surface area contributed by atoms with Gasteiger partial charge in [0.25, 0.3) is 0 Å². The molecular formula is C19H24N2O5. The van der Waals surface area contributed by atoms with Crippen LogP contribution in [-0.2, 0) is 14.3 Å². The lowest BCUT2D eigenvalue weighted by atomic mass is 10.1. The number of methoxy groups -OCH3 is 2. The quantitative estimate of drug-likeness (QED) is 0.512. The number of hydrogen-bond acceptors (Lipinski definition) is 6. The molecule has 1 aromatic heterocycles. The summed E-state index contributed by atoms with van der Waals surface area (Å²) in [6.45, 7) is 0. The number of carbonyl (C=O) groups excluding carboxylic acids is 2. The second-order valence-electron chi connectivity index (χ2n) is 5.82. The highest BCUT2D eigenvalue weighted by Gasteiger charge is 2.11. The Kier molecular flexibility index (Phi) is 7.67. The molecule has 0 radical (unpaired) electrons. The maximum atomic E-state index is 12.1. The second-order valence-corrected chi connectivity index (χ2v) is 5.82. The smallest absolute Gasteiger partial charge is 0.305 e. The third kappa shape index (κ3) is 5.91. The minimum atomic E-state index is -0.189. The minimum Gasteiger partial charge on any atom is -0.496 e. The van der Waals surface area contributed by atoms with E-state index in [1.165, 1.54) is 13.5 Å². The summed E-state index contributed by atoms with van der Waals surface area (Å²) in [6.07, 6.45) is 7.20. The van der Waals surface area contributed by atoms with E-state index in [-0.39, 0.29) is 11.9 Å². The van der Waals surface area contributed by atoms with Crippen LogP contribution in [0.5, 0.6) is 5.75 Å². The maximum Gasteiger partial charge on any atom is 0.305 e. The predicted octanol–water partition coefficient (Wildman–Crippen LogP) is 3.80. The number of ether oxygens (including phenoxy) is 2. The fraction of sp³-hybridized carbons (Fsp3) is 0.421. The Balaban J connectivity index is 1.77. The number of benzene rings is 1. The highest BCUT2D eigenvalue weighted by molar-refractivity contribution is 5.91. The Morgan fingerprint density at radius 2 is 1.88 bits per heavy atom. The number of unbranched alkanes of at least 4 members (excludes halogenated alkanes) is 3. The first-order chi connectivity index (χ1) is 12.6. The number of nitrogens with zero attached hydrogens (tertiary/aromatic N) is 1. The van der Waals surface area contributed by atoms with Crippen LogP contribution >= 0.6 is 0 Å². The average Bonchev–Trinajstić information content (AvgIpc) is 3.18. The molecule has 1 heterocycles. The standard InChI is InChI=1S/C19H24N2O5/c1-24-16-11-14(9-10-15(16)17-12-20-13-26-17)21-18(22)7-5-3-4-6-8-19(23)25-2/h9-13H,3-8H2,1-2H3,(H,21,22). The van der Waals surface area contributed by atoms with Gasteiger partial charge in [-0.2, -0.15) is 0 Å². The van der Waals surface area contributed by atoms with Crippen LogP contribution in [0.25, 0.3) is 11.3 Å². The first-order valence-electron chi connectivity index (χ1n) is 8.57. The normalized spacial score (nSPS) is 10.4. The summed E-state index contributed by atoms with van der Waals surface area (Å²) in [6, 6.07) is 5.38. The van der Waals surface area contributed by atoms with Crippen molar-refractivity contribution in [1.29, 1.82) is 0 Å². The molecule has 7 nitrogen and oxygen atoms in total. The summed E-state index contributed by atoms with van der Waals surface area (Å²) >= 11 is 0. The Morgan fingerprint density at radius 3 is 2.54 bits per heavy atom. The molecule has 1 aromatic carbocycles. The number of nitrogens with one attached hydrogen (secondary N) is 1. The lowest BCUT2D eigenvalue weighted by Crippen LogP contribution is -2.11. The summed E-state index contributed by atoms with van der Waals surface area (Å²) in [7, 11) is 2.95. The molecule has 26 heavy (non-hydrogen) atoms. The van der Waals surface area contributed by atoms with Crippen LogP contribution in [-0.4, -0.2) is 31.1 Å². The zero-order valence-corrected chi connectivity index (χ0v) is 15.1. The van der Waals surface area contributed by atoms with Crippen LogP contribution in [0.2, 0.25) is 0 Å². The van der Waals surface area contributed by atoms with Gasteiger partial charge in [-0.05, 0) is 25.0 Å². The van der Waals surface area contributed by atoms with Gasteiger partial charge in [0.05, 0.1) is 26.0 Å². The molecule has 0 saturated carbocycles. The molecule has 0 aliphatic rings. The van der Waals surface area contributed by atoms with Crippen LogP contribution in [0, 0.1) is 0 Å². The van der Waals surface area contributed by atoms with Gasteiger partial charge in [-0.3, -0.25) is 9.59 Å². The van der Waals surface area contributed by atoms with Crippen LogP contribution < -0.4 is 10.1 Å². The number of esters is 1. The van der Waals surface area contributed by atoms with Crippen LogP contribution in [0.3, 0.4) is 0 Å². The van der Waals surface area contributed by atoms with Crippen LogP contribution in [0.1, 0.15) is 38.5 Å². The Hall–Kier alpha value is -2.83. The number of oxazole rings is 1. The van der Waals surface area contributed by atoms with E-state index >= 15 is 0 Å². The molecule has 0 atom stereocenters. The number of rotatable bonds is 10. The number of carbonyl (C=O) groups is 2. The van der Waals surface area contributed by atoms with Crippen molar-refractivity contribution in [2.24, 2.45) is 0 Å². The van der Waals surface area contributed by atoms with Gasteiger partial charge in [0.1, 0.15) is 5.75 Å². The summed E-state index contributed by atoms with van der Waals surface area (Å²) in [5, 5.41) is 2.87. The zero-order chi connectivity index (χ0) is 18.8. The van der Waals surface area contributed by atoms with Gasteiger partial charge in [-0.15, -0.1) is 0 Å². The van der Waals surface area contributed by atoms with E-state index in [4.69, 9.17) is 9.15 Å². The molecule has 1 amide bonds. The van der Waals surface area contributed by atoms with Gasteiger partial charge in [-0.25, -0.2) is 4.98 Å². The summed E-state index contributed by atoms with van der Waals surface area (Å²) in [5.41, 5.74) is 1.44. The van der Waals surface area contributed by atoms with E-state index in [2.05, 4.69) is 15.0 Å². The van der Waals surface area contributed by atoms with Gasteiger partial charge in [0, 0.05) is 24.6 Å². The van der Waals surface area contributed by atoms with Crippen LogP contribution in [0.15, 0.2) is 35.2 Å². The van der Waals surface area contributed by atoms with Gasteiger partial charge in [-0.1, -0.05) is 12.8 Å². The molecule has 1 N–H and O–H groups in total. The van der Waals surface area contributed by atoms with Gasteiger partial charge < -0.3 is 19.2 Å². The molecule has 0 spiro atoms. The van der Waals surface area contributed by atoms with Crippen molar-refractivity contribution in [1.82, 2.24) is 4.98 Å². The molecule has 0 unspecified atom stereocenters. The Bertz CT molecular complexity index is 713. The van der Waals surface area contributed by atoms with Crippen molar-refractivity contribution in [3.05, 3.63) is 30.8 Å². The lowest BCUT2D eigenvalue weighted by Gasteiger charge is -2.10. The SMILES string of the molecule is COC(=O)CCCCCCC(=O)Nc1ccc(-c2cnco2)c(OC)c1. The zero-order valence-electron chi connectivity index (χ0n) is 15.1. The molecule has 2 aromatic rings. The molecule has 2 rings (SSSR count). The van der Waals surface area contributed by atoms with E-state index in [0.717, 1.165) is 31.2 Å². The van der Waals surface area contributed by atoms with Crippen molar-refractivity contribution < 1.29 is 23.5 Å². The van der Waals surface area contributed by atoms with Crippen molar-refractivity contribution in [2.45, 2.75) is 38.5 Å². The third-order valence-electron chi connectivity index (χ3n) is 3.95. The molecular weight excluding hydrogens is 336 g/mol. The van der Waals surface area contributed by atoms with Gasteiger partial charge in [0.15, 0.2) is 12.2 Å². The topological polar surface area (TPSA) is 90.7 Å². The number of hydrogen-bond donors (Lipinski definition) is 1. The fourth-order valence-electron chi connectivity index (χ4n) is 2.56. The van der Waals surface area contributed by atoms with Crippen molar-refractivity contribution in [2.75, 3.05) is 19.5 Å². The van der Waals surface area contributed by atoms with Gasteiger partial charge >= 0.3 is 5.97 Å². The highest BCUT2D eigenvalue weighted by Crippen LogP contribution is 2.32. The van der Waals surface area contributed by atoms with Crippen molar-refractivity contribution in [3.63, 3.8) is 0 Å². The molecule has 0 aliphatic carbocycles. The van der Waals surface area contributed by atoms with Crippen molar-refractivity contribution in [3.8, 4) is 17.1 Å². The highest BCUT2D eigenvalue weighted by atomic mass is 16.5. The van der Waals surface area contributed by atoms with E-state index < -0.39 is 0 Å². The average molecular weight is 360 g/mol. The monoisotopic (exact) mass is 360 g/mol. The minimum absolute atomic E-state index is 0.0487. The van der Waals surface area contributed by atoms with E-state index in [0.29, 0.717) is 30.0 Å². The van der Waals surface area contributed by atoms with E-state index in [1.54, 1.807) is 25.4 Å². The summed E-state index contributed by atoms with van der Waals surface area (Å²) in [5.74, 6) is 0.965. The molecule has 0 aliphatic heterocycles. The molecule has 0 bridgehead atoms. The number of anilines is 1. The first-order valence-corrected chi connectivity index (χ1v) is 8.57. The Morgan fingerprint density at radius 1 is 1.12 bits per heavy atom. The van der Waals surface area contributed by atoms with Crippen molar-refractivity contribution >= 4 is 17.6 Å². The fourth-order valence-corrected chi connectivity index (χ4v) is 2.56. The molecule has 0 saturated heterocycles. The largest absolute Gasteiger partial charge is 0.496 e. The maximum absolute atomic E-state index is 12.1. The lowest BCUT2D eigenvalue weighted by molar-refractivity contribution is -0.140. The van der Waals surface area contributed by atoms with Crippen LogP contribution in [0.4, 0.5) is 5.69 Å². The number of amides is 1. The second kappa shape index (κ2) is 10.2. The first kappa shape index (κ1) is 19.5. The molecule has 140 valence electrons. The van der Waals surface area contributed by atoms with E-state index in [9.17, 15) is 9.59 Å². The number of aromatic nitrogens is 1. The third-order valence-corrected chi connectivity index (χ3v) is 3.95.